The molecule has 2 amide bonds. The molecule has 1 aromatic rings. The van der Waals surface area contributed by atoms with Gasteiger partial charge in [-0.3, -0.25) is 9.69 Å². The average Bonchev–Trinajstić information content (AvgIpc) is 2.45. The number of rotatable bonds is 3. The number of benzene rings is 1. The molecule has 0 bridgehead atoms. The number of urea groups is 1. The first kappa shape index (κ1) is 15.2. The van der Waals surface area contributed by atoms with Gasteiger partial charge in [-0.25, -0.2) is 4.79 Å². The van der Waals surface area contributed by atoms with E-state index in [1.165, 1.54) is 11.0 Å². The smallest absolute Gasteiger partial charge is 0.324 e. The minimum Gasteiger partial charge on any atom is -0.508 e. The van der Waals surface area contributed by atoms with Crippen LogP contribution in [-0.4, -0.2) is 47.3 Å². The fraction of sp³-hybridized carbons (Fsp3) is 0.467. The molecule has 2 N–H and O–H groups in total. The first-order chi connectivity index (χ1) is 9.97. The van der Waals surface area contributed by atoms with Gasteiger partial charge in [0.15, 0.2) is 0 Å². The summed E-state index contributed by atoms with van der Waals surface area (Å²) in [7, 11) is 1.65. The van der Waals surface area contributed by atoms with Crippen LogP contribution in [0.5, 0.6) is 5.75 Å². The van der Waals surface area contributed by atoms with Crippen molar-refractivity contribution in [1.29, 1.82) is 0 Å². The van der Waals surface area contributed by atoms with E-state index in [9.17, 15) is 14.7 Å². The van der Waals surface area contributed by atoms with Crippen molar-refractivity contribution in [3.63, 3.8) is 0 Å². The maximum Gasteiger partial charge on any atom is 0.324 e. The molecule has 0 aromatic heterocycles. The van der Waals surface area contributed by atoms with Crippen molar-refractivity contribution in [2.75, 3.05) is 25.0 Å². The van der Waals surface area contributed by atoms with Crippen LogP contribution < -0.4 is 4.90 Å². The molecular weight excluding hydrogens is 272 g/mol. The van der Waals surface area contributed by atoms with Gasteiger partial charge in [0.2, 0.25) is 0 Å². The predicted octanol–water partition coefficient (Wildman–Crippen LogP) is 2.14. The lowest BCUT2D eigenvalue weighted by Crippen LogP contribution is -2.46. The van der Waals surface area contributed by atoms with Crippen LogP contribution in [0.1, 0.15) is 19.3 Å². The number of nitrogens with zero attached hydrogens (tertiary/aromatic N) is 2. The van der Waals surface area contributed by atoms with Gasteiger partial charge in [-0.15, -0.1) is 0 Å². The second-order valence-corrected chi connectivity index (χ2v) is 5.41. The second-order valence-electron chi connectivity index (χ2n) is 5.41. The van der Waals surface area contributed by atoms with Gasteiger partial charge in [0.1, 0.15) is 5.75 Å². The van der Waals surface area contributed by atoms with Crippen molar-refractivity contribution < 1.29 is 19.8 Å². The Hall–Kier alpha value is -2.24. The number of hydrogen-bond acceptors (Lipinski definition) is 3. The van der Waals surface area contributed by atoms with Gasteiger partial charge in [0.25, 0.3) is 0 Å². The summed E-state index contributed by atoms with van der Waals surface area (Å²) in [6.45, 7) is 1.10. The van der Waals surface area contributed by atoms with Crippen LogP contribution in [0.2, 0.25) is 0 Å². The van der Waals surface area contributed by atoms with Crippen LogP contribution in [0.4, 0.5) is 10.5 Å². The van der Waals surface area contributed by atoms with Gasteiger partial charge in [-0.1, -0.05) is 6.07 Å². The molecule has 0 aliphatic carbocycles. The van der Waals surface area contributed by atoms with E-state index in [4.69, 9.17) is 5.11 Å². The number of hydrogen-bond donors (Lipinski definition) is 2. The van der Waals surface area contributed by atoms with E-state index >= 15 is 0 Å². The Bertz CT molecular complexity index is 532. The maximum atomic E-state index is 12.5. The number of phenolic OH excluding ortho intramolecular Hbond substituents is 1. The van der Waals surface area contributed by atoms with E-state index in [0.29, 0.717) is 18.8 Å². The second kappa shape index (κ2) is 6.47. The molecule has 114 valence electrons. The van der Waals surface area contributed by atoms with Gasteiger partial charge < -0.3 is 15.1 Å². The number of anilines is 1. The summed E-state index contributed by atoms with van der Waals surface area (Å²) in [5.41, 5.74) is 0.611. The summed E-state index contributed by atoms with van der Waals surface area (Å²) < 4.78 is 0. The van der Waals surface area contributed by atoms with Crippen molar-refractivity contribution in [2.24, 2.45) is 5.92 Å². The molecule has 1 aliphatic heterocycles. The number of carbonyl (C=O) groups excluding carboxylic acids is 1. The van der Waals surface area contributed by atoms with Crippen molar-refractivity contribution in [2.45, 2.75) is 19.3 Å². The molecule has 1 unspecified atom stereocenters. The minimum atomic E-state index is -0.823. The molecule has 1 heterocycles. The van der Waals surface area contributed by atoms with Gasteiger partial charge in [0.05, 0.1) is 0 Å². The first-order valence-corrected chi connectivity index (χ1v) is 7.01. The molecule has 1 fully saturated rings. The zero-order chi connectivity index (χ0) is 15.4. The monoisotopic (exact) mass is 292 g/mol. The number of amides is 2. The molecule has 0 radical (unpaired) electrons. The highest BCUT2D eigenvalue weighted by Gasteiger charge is 2.27. The summed E-state index contributed by atoms with van der Waals surface area (Å²) >= 11 is 0. The largest absolute Gasteiger partial charge is 0.508 e. The molecule has 6 nitrogen and oxygen atoms in total. The van der Waals surface area contributed by atoms with Crippen LogP contribution in [0.3, 0.4) is 0 Å². The third-order valence-electron chi connectivity index (χ3n) is 3.76. The molecule has 6 heteroatoms. The summed E-state index contributed by atoms with van der Waals surface area (Å²) in [6.07, 6.45) is 1.75. The Kier molecular flexibility index (Phi) is 4.67. The molecule has 21 heavy (non-hydrogen) atoms. The Morgan fingerprint density at radius 2 is 2.19 bits per heavy atom. The summed E-state index contributed by atoms with van der Waals surface area (Å²) in [5, 5.41) is 18.3. The standard InChI is InChI=1S/C15H20N2O4/c1-16(12-5-2-6-13(18)9-12)15(21)17-7-3-4-11(10-17)8-14(19)20/h2,5-6,9,11,18H,3-4,7-8,10H2,1H3,(H,19,20). The van der Waals surface area contributed by atoms with Gasteiger partial charge in [-0.2, -0.15) is 0 Å². The zero-order valence-corrected chi connectivity index (χ0v) is 12.0. The van der Waals surface area contributed by atoms with E-state index in [2.05, 4.69) is 0 Å². The van der Waals surface area contributed by atoms with Crippen LogP contribution in [0.25, 0.3) is 0 Å². The number of aliphatic carboxylic acids is 1. The minimum absolute atomic E-state index is 0.0118. The number of phenols is 1. The molecule has 0 saturated carbocycles. The summed E-state index contributed by atoms with van der Waals surface area (Å²) in [4.78, 5) is 26.4. The lowest BCUT2D eigenvalue weighted by molar-refractivity contribution is -0.138. The third-order valence-corrected chi connectivity index (χ3v) is 3.76. The normalized spacial score (nSPS) is 18.3. The predicted molar refractivity (Wildman–Crippen MR) is 78.5 cm³/mol. The maximum absolute atomic E-state index is 12.5. The SMILES string of the molecule is CN(C(=O)N1CCCC(CC(=O)O)C1)c1cccc(O)c1. The number of carboxylic acid groups (broad SMARTS) is 1. The number of carboxylic acids is 1. The highest BCUT2D eigenvalue weighted by molar-refractivity contribution is 5.91. The van der Waals surface area contributed by atoms with E-state index in [1.54, 1.807) is 30.1 Å². The van der Waals surface area contributed by atoms with E-state index in [1.807, 2.05) is 0 Å². The quantitative estimate of drug-likeness (QED) is 0.894. The lowest BCUT2D eigenvalue weighted by Gasteiger charge is -2.34. The highest BCUT2D eigenvalue weighted by Crippen LogP contribution is 2.24. The van der Waals surface area contributed by atoms with Crippen molar-refractivity contribution in [3.05, 3.63) is 24.3 Å². The number of piperidine rings is 1. The number of aromatic hydroxyl groups is 1. The molecular formula is C15H20N2O4. The Labute approximate surface area is 123 Å². The van der Waals surface area contributed by atoms with Gasteiger partial charge in [0, 0.05) is 38.3 Å². The Balaban J connectivity index is 2.03. The molecule has 1 atom stereocenters. The summed E-state index contributed by atoms with van der Waals surface area (Å²) in [5.74, 6) is -0.706. The molecule has 1 aromatic carbocycles. The molecule has 1 saturated heterocycles. The van der Waals surface area contributed by atoms with Crippen LogP contribution >= 0.6 is 0 Å². The average molecular weight is 292 g/mol. The van der Waals surface area contributed by atoms with Crippen LogP contribution in [-0.2, 0) is 4.79 Å². The molecule has 2 rings (SSSR count). The van der Waals surface area contributed by atoms with Crippen molar-refractivity contribution in [3.8, 4) is 5.75 Å². The van der Waals surface area contributed by atoms with E-state index in [-0.39, 0.29) is 24.1 Å². The lowest BCUT2D eigenvalue weighted by atomic mass is 9.95. The fourth-order valence-corrected chi connectivity index (χ4v) is 2.68. The highest BCUT2D eigenvalue weighted by atomic mass is 16.4. The molecule has 0 spiro atoms. The zero-order valence-electron chi connectivity index (χ0n) is 12.0. The van der Waals surface area contributed by atoms with Crippen LogP contribution in [0.15, 0.2) is 24.3 Å². The van der Waals surface area contributed by atoms with Gasteiger partial charge in [-0.05, 0) is 30.9 Å². The van der Waals surface area contributed by atoms with Crippen molar-refractivity contribution in [1.82, 2.24) is 4.90 Å². The fourth-order valence-electron chi connectivity index (χ4n) is 2.68. The number of carbonyl (C=O) groups is 2. The van der Waals surface area contributed by atoms with Crippen molar-refractivity contribution >= 4 is 17.7 Å². The molecule has 1 aliphatic rings. The van der Waals surface area contributed by atoms with Gasteiger partial charge >= 0.3 is 12.0 Å². The third kappa shape index (κ3) is 3.87. The topological polar surface area (TPSA) is 81.1 Å². The number of likely N-dealkylation sites (tertiary alicyclic amines) is 1. The first-order valence-electron chi connectivity index (χ1n) is 7.01. The van der Waals surface area contributed by atoms with Crippen LogP contribution in [0, 0.1) is 5.92 Å². The van der Waals surface area contributed by atoms with E-state index < -0.39 is 5.97 Å². The Morgan fingerprint density at radius 1 is 1.43 bits per heavy atom. The Morgan fingerprint density at radius 3 is 2.86 bits per heavy atom. The summed E-state index contributed by atoms with van der Waals surface area (Å²) in [6, 6.07) is 6.33. The van der Waals surface area contributed by atoms with E-state index in [0.717, 1.165) is 12.8 Å².